The van der Waals surface area contributed by atoms with E-state index in [0.29, 0.717) is 19.4 Å². The third kappa shape index (κ3) is 2.37. The van der Waals surface area contributed by atoms with E-state index in [-0.39, 0.29) is 17.9 Å². The van der Waals surface area contributed by atoms with Crippen molar-refractivity contribution < 1.29 is 14.0 Å². The van der Waals surface area contributed by atoms with Crippen LogP contribution >= 0.6 is 0 Å². The number of carbonyl (C=O) groups is 2. The summed E-state index contributed by atoms with van der Waals surface area (Å²) >= 11 is 0. The molecule has 2 fully saturated rings. The SMILES string of the molecule is O=C(C1CCC(=O)N1Cc1ccco1)N1CCCC1. The van der Waals surface area contributed by atoms with Crippen molar-refractivity contribution in [3.05, 3.63) is 24.2 Å². The van der Waals surface area contributed by atoms with Crippen LogP contribution in [0.25, 0.3) is 0 Å². The number of nitrogens with zero attached hydrogens (tertiary/aromatic N) is 2. The van der Waals surface area contributed by atoms with E-state index in [4.69, 9.17) is 4.42 Å². The minimum atomic E-state index is -0.296. The Bertz CT molecular complexity index is 463. The van der Waals surface area contributed by atoms with Crippen LogP contribution in [-0.4, -0.2) is 40.7 Å². The predicted octanol–water partition coefficient (Wildman–Crippen LogP) is 1.39. The highest BCUT2D eigenvalue weighted by Crippen LogP contribution is 2.24. The number of likely N-dealkylation sites (tertiary alicyclic amines) is 2. The first-order chi connectivity index (χ1) is 9.25. The van der Waals surface area contributed by atoms with Gasteiger partial charge >= 0.3 is 0 Å². The van der Waals surface area contributed by atoms with Gasteiger partial charge in [-0.3, -0.25) is 9.59 Å². The van der Waals surface area contributed by atoms with Gasteiger partial charge in [-0.1, -0.05) is 0 Å². The summed E-state index contributed by atoms with van der Waals surface area (Å²) in [4.78, 5) is 27.9. The minimum absolute atomic E-state index is 0.0500. The Balaban J connectivity index is 1.72. The van der Waals surface area contributed by atoms with Crippen molar-refractivity contribution in [2.75, 3.05) is 13.1 Å². The smallest absolute Gasteiger partial charge is 0.245 e. The molecular weight excluding hydrogens is 244 g/mol. The molecule has 0 bridgehead atoms. The number of amides is 2. The molecule has 102 valence electrons. The molecule has 2 aliphatic heterocycles. The van der Waals surface area contributed by atoms with Crippen LogP contribution in [0.2, 0.25) is 0 Å². The van der Waals surface area contributed by atoms with E-state index < -0.39 is 0 Å². The van der Waals surface area contributed by atoms with E-state index in [1.165, 1.54) is 0 Å². The topological polar surface area (TPSA) is 53.8 Å². The Labute approximate surface area is 112 Å². The molecule has 1 aromatic heterocycles. The number of carbonyl (C=O) groups excluding carboxylic acids is 2. The van der Waals surface area contributed by atoms with Crippen molar-refractivity contribution in [3.63, 3.8) is 0 Å². The fourth-order valence-corrected chi connectivity index (χ4v) is 2.91. The highest BCUT2D eigenvalue weighted by Gasteiger charge is 2.38. The van der Waals surface area contributed by atoms with Crippen LogP contribution < -0.4 is 0 Å². The molecule has 0 radical (unpaired) electrons. The van der Waals surface area contributed by atoms with Crippen LogP contribution in [-0.2, 0) is 16.1 Å². The van der Waals surface area contributed by atoms with E-state index in [1.807, 2.05) is 11.0 Å². The van der Waals surface area contributed by atoms with Gasteiger partial charge in [-0.05, 0) is 31.4 Å². The van der Waals surface area contributed by atoms with Crippen molar-refractivity contribution in [1.29, 1.82) is 0 Å². The molecular formula is C14H18N2O3. The molecule has 5 heteroatoms. The molecule has 2 amide bonds. The summed E-state index contributed by atoms with van der Waals surface area (Å²) < 4.78 is 5.28. The third-order valence-corrected chi connectivity index (χ3v) is 3.94. The van der Waals surface area contributed by atoms with Gasteiger partial charge in [0.15, 0.2) is 0 Å². The summed E-state index contributed by atoms with van der Waals surface area (Å²) in [5, 5.41) is 0. The monoisotopic (exact) mass is 262 g/mol. The molecule has 3 rings (SSSR count). The van der Waals surface area contributed by atoms with Crippen molar-refractivity contribution >= 4 is 11.8 Å². The van der Waals surface area contributed by atoms with Gasteiger partial charge in [0.05, 0.1) is 12.8 Å². The lowest BCUT2D eigenvalue weighted by Gasteiger charge is -2.27. The molecule has 0 spiro atoms. The van der Waals surface area contributed by atoms with Gasteiger partial charge in [0.25, 0.3) is 0 Å². The largest absolute Gasteiger partial charge is 0.467 e. The molecule has 1 unspecified atom stereocenters. The van der Waals surface area contributed by atoms with Crippen LogP contribution in [0.3, 0.4) is 0 Å². The van der Waals surface area contributed by atoms with Gasteiger partial charge in [-0.2, -0.15) is 0 Å². The summed E-state index contributed by atoms with van der Waals surface area (Å²) in [5.41, 5.74) is 0. The fraction of sp³-hybridized carbons (Fsp3) is 0.571. The van der Waals surface area contributed by atoms with Gasteiger partial charge in [0, 0.05) is 19.5 Å². The second kappa shape index (κ2) is 5.07. The first-order valence-corrected chi connectivity index (χ1v) is 6.86. The third-order valence-electron chi connectivity index (χ3n) is 3.94. The molecule has 0 saturated carbocycles. The highest BCUT2D eigenvalue weighted by molar-refractivity contribution is 5.91. The number of rotatable bonds is 3. The Hall–Kier alpha value is -1.78. The minimum Gasteiger partial charge on any atom is -0.467 e. The van der Waals surface area contributed by atoms with Crippen molar-refractivity contribution in [2.45, 2.75) is 38.3 Å². The number of hydrogen-bond donors (Lipinski definition) is 0. The van der Waals surface area contributed by atoms with Crippen molar-refractivity contribution in [2.24, 2.45) is 0 Å². The Morgan fingerprint density at radius 2 is 2.16 bits per heavy atom. The predicted molar refractivity (Wildman–Crippen MR) is 68.1 cm³/mol. The maximum atomic E-state index is 12.4. The second-order valence-corrected chi connectivity index (χ2v) is 5.19. The molecule has 2 aliphatic rings. The lowest BCUT2D eigenvalue weighted by Crippen LogP contribution is -2.45. The number of furan rings is 1. The molecule has 1 atom stereocenters. The quantitative estimate of drug-likeness (QED) is 0.827. The fourth-order valence-electron chi connectivity index (χ4n) is 2.91. The molecule has 0 aliphatic carbocycles. The van der Waals surface area contributed by atoms with Crippen LogP contribution in [0.5, 0.6) is 0 Å². The summed E-state index contributed by atoms with van der Waals surface area (Å²) in [6, 6.07) is 3.34. The summed E-state index contributed by atoms with van der Waals surface area (Å²) in [7, 11) is 0. The Kier molecular flexibility index (Phi) is 3.27. The summed E-state index contributed by atoms with van der Waals surface area (Å²) in [5.74, 6) is 0.887. The standard InChI is InChI=1S/C14H18N2O3/c17-13-6-5-12(14(18)15-7-1-2-8-15)16(13)10-11-4-3-9-19-11/h3-4,9,12H,1-2,5-8,10H2. The molecule has 0 aromatic carbocycles. The average Bonchev–Trinajstić information content (AvgIpc) is 3.13. The van der Waals surface area contributed by atoms with E-state index in [0.717, 1.165) is 31.7 Å². The zero-order chi connectivity index (χ0) is 13.2. The maximum Gasteiger partial charge on any atom is 0.245 e. The molecule has 19 heavy (non-hydrogen) atoms. The average molecular weight is 262 g/mol. The van der Waals surface area contributed by atoms with E-state index in [1.54, 1.807) is 17.2 Å². The van der Waals surface area contributed by atoms with Gasteiger partial charge in [-0.15, -0.1) is 0 Å². The number of hydrogen-bond acceptors (Lipinski definition) is 3. The molecule has 2 saturated heterocycles. The van der Waals surface area contributed by atoms with Crippen molar-refractivity contribution in [1.82, 2.24) is 9.80 Å². The van der Waals surface area contributed by atoms with Gasteiger partial charge in [0.2, 0.25) is 11.8 Å². The molecule has 5 nitrogen and oxygen atoms in total. The first-order valence-electron chi connectivity index (χ1n) is 6.86. The molecule has 0 N–H and O–H groups in total. The van der Waals surface area contributed by atoms with Crippen LogP contribution in [0, 0.1) is 0 Å². The maximum absolute atomic E-state index is 12.4. The Morgan fingerprint density at radius 1 is 1.37 bits per heavy atom. The zero-order valence-electron chi connectivity index (χ0n) is 10.9. The van der Waals surface area contributed by atoms with Crippen LogP contribution in [0.4, 0.5) is 0 Å². The Morgan fingerprint density at radius 3 is 2.84 bits per heavy atom. The summed E-state index contributed by atoms with van der Waals surface area (Å²) in [6.45, 7) is 2.06. The van der Waals surface area contributed by atoms with Gasteiger partial charge < -0.3 is 14.2 Å². The van der Waals surface area contributed by atoms with Crippen LogP contribution in [0.1, 0.15) is 31.4 Å². The molecule has 3 heterocycles. The molecule has 1 aromatic rings. The van der Waals surface area contributed by atoms with E-state index >= 15 is 0 Å². The van der Waals surface area contributed by atoms with E-state index in [2.05, 4.69) is 0 Å². The van der Waals surface area contributed by atoms with Gasteiger partial charge in [0.1, 0.15) is 11.8 Å². The van der Waals surface area contributed by atoms with Crippen molar-refractivity contribution in [3.8, 4) is 0 Å². The first kappa shape index (κ1) is 12.3. The summed E-state index contributed by atoms with van der Waals surface area (Å²) in [6.07, 6.45) is 4.84. The van der Waals surface area contributed by atoms with Crippen LogP contribution in [0.15, 0.2) is 22.8 Å². The lowest BCUT2D eigenvalue weighted by molar-refractivity contribution is -0.141. The normalized spacial score (nSPS) is 23.4. The highest BCUT2D eigenvalue weighted by atomic mass is 16.3. The second-order valence-electron chi connectivity index (χ2n) is 5.19. The van der Waals surface area contributed by atoms with E-state index in [9.17, 15) is 9.59 Å². The lowest BCUT2D eigenvalue weighted by atomic mass is 10.2. The van der Waals surface area contributed by atoms with Gasteiger partial charge in [-0.25, -0.2) is 0 Å². The zero-order valence-corrected chi connectivity index (χ0v) is 10.9.